The van der Waals surface area contributed by atoms with Crippen molar-refractivity contribution in [3.63, 3.8) is 0 Å². The molecule has 1 saturated carbocycles. The average Bonchev–Trinajstić information content (AvgIpc) is 2.76. The van der Waals surface area contributed by atoms with Crippen molar-refractivity contribution >= 4 is 11.6 Å². The molecule has 0 nitrogen and oxygen atoms in total. The minimum Gasteiger partial charge on any atom is -0.123 e. The van der Waals surface area contributed by atoms with Gasteiger partial charge in [-0.15, -0.1) is 11.6 Å². The molecule has 2 rings (SSSR count). The lowest BCUT2D eigenvalue weighted by atomic mass is 9.89. The van der Waals surface area contributed by atoms with Gasteiger partial charge in [-0.3, -0.25) is 0 Å². The van der Waals surface area contributed by atoms with E-state index < -0.39 is 0 Å². The van der Waals surface area contributed by atoms with Crippen LogP contribution in [0, 0.1) is 5.92 Å². The zero-order chi connectivity index (χ0) is 13.7. The molecule has 0 radical (unpaired) electrons. The lowest BCUT2D eigenvalue weighted by Gasteiger charge is -2.17. The van der Waals surface area contributed by atoms with Gasteiger partial charge in [-0.05, 0) is 48.6 Å². The monoisotopic (exact) mass is 278 g/mol. The Morgan fingerprint density at radius 1 is 1.05 bits per heavy atom. The van der Waals surface area contributed by atoms with Crippen molar-refractivity contribution in [1.82, 2.24) is 0 Å². The Morgan fingerprint density at radius 2 is 1.79 bits per heavy atom. The molecule has 3 atom stereocenters. The minimum absolute atomic E-state index is 0.374. The van der Waals surface area contributed by atoms with Crippen molar-refractivity contribution in [2.45, 2.75) is 70.1 Å². The van der Waals surface area contributed by atoms with Crippen LogP contribution in [0.5, 0.6) is 0 Å². The van der Waals surface area contributed by atoms with E-state index in [4.69, 9.17) is 11.6 Å². The molecule has 0 bridgehead atoms. The Labute approximate surface area is 123 Å². The van der Waals surface area contributed by atoms with E-state index in [2.05, 4.69) is 38.1 Å². The van der Waals surface area contributed by atoms with E-state index in [1.54, 1.807) is 0 Å². The van der Waals surface area contributed by atoms with Crippen molar-refractivity contribution in [1.29, 1.82) is 0 Å². The van der Waals surface area contributed by atoms with E-state index in [0.29, 0.717) is 17.2 Å². The molecule has 1 heteroatoms. The van der Waals surface area contributed by atoms with Crippen molar-refractivity contribution < 1.29 is 0 Å². The molecule has 1 fully saturated rings. The van der Waals surface area contributed by atoms with Crippen molar-refractivity contribution in [2.24, 2.45) is 5.92 Å². The van der Waals surface area contributed by atoms with Crippen LogP contribution in [0.4, 0.5) is 0 Å². The summed E-state index contributed by atoms with van der Waals surface area (Å²) in [6.45, 7) is 4.57. The maximum absolute atomic E-state index is 6.34. The molecule has 0 saturated heterocycles. The first-order valence-corrected chi connectivity index (χ1v) is 8.39. The molecule has 1 aliphatic rings. The van der Waals surface area contributed by atoms with Gasteiger partial charge in [0.1, 0.15) is 0 Å². The third-order valence-corrected chi connectivity index (χ3v) is 5.30. The topological polar surface area (TPSA) is 0 Å². The Kier molecular flexibility index (Phi) is 5.76. The van der Waals surface area contributed by atoms with Gasteiger partial charge in [0.15, 0.2) is 0 Å². The highest BCUT2D eigenvalue weighted by atomic mass is 35.5. The number of unbranched alkanes of at least 4 members (excludes halogenated alkanes) is 3. The summed E-state index contributed by atoms with van der Waals surface area (Å²) in [4.78, 5) is 0. The summed E-state index contributed by atoms with van der Waals surface area (Å²) in [5.74, 6) is 1.30. The van der Waals surface area contributed by atoms with E-state index in [0.717, 1.165) is 0 Å². The zero-order valence-electron chi connectivity index (χ0n) is 12.4. The van der Waals surface area contributed by atoms with Crippen LogP contribution in [0.3, 0.4) is 0 Å². The second kappa shape index (κ2) is 7.33. The first kappa shape index (κ1) is 14.9. The van der Waals surface area contributed by atoms with E-state index in [1.807, 2.05) is 0 Å². The maximum Gasteiger partial charge on any atom is 0.0367 e. The summed E-state index contributed by atoms with van der Waals surface area (Å²) in [6.07, 6.45) is 9.05. The third kappa shape index (κ3) is 3.99. The number of rotatable bonds is 6. The van der Waals surface area contributed by atoms with Crippen LogP contribution in [-0.2, 0) is 6.42 Å². The Morgan fingerprint density at radius 3 is 2.37 bits per heavy atom. The molecule has 1 unspecified atom stereocenters. The molecule has 0 aromatic heterocycles. The molecule has 0 N–H and O–H groups in total. The van der Waals surface area contributed by atoms with Gasteiger partial charge in [0, 0.05) is 5.38 Å². The predicted molar refractivity (Wildman–Crippen MR) is 85.1 cm³/mol. The summed E-state index contributed by atoms with van der Waals surface area (Å²) in [7, 11) is 0. The molecule has 1 aromatic carbocycles. The lowest BCUT2D eigenvalue weighted by molar-refractivity contribution is 0.537. The summed E-state index contributed by atoms with van der Waals surface area (Å²) in [5.41, 5.74) is 2.99. The Balaban J connectivity index is 1.88. The Bertz CT molecular complexity index is 368. The standard InChI is InChI=1S/C18H27Cl/c1-3-4-5-6-7-15-8-10-16(11-9-15)17-12-13-18(19)14(17)2/h8-11,14,17-18H,3-7,12-13H2,1-2H3/t14?,17-,18+/m0/s1. The molecule has 0 heterocycles. The molecule has 0 amide bonds. The minimum atomic E-state index is 0.374. The summed E-state index contributed by atoms with van der Waals surface area (Å²) >= 11 is 6.34. The third-order valence-electron chi connectivity index (χ3n) is 4.69. The van der Waals surface area contributed by atoms with Gasteiger partial charge >= 0.3 is 0 Å². The predicted octanol–water partition coefficient (Wildman–Crippen LogP) is 5.93. The largest absolute Gasteiger partial charge is 0.123 e. The number of benzene rings is 1. The highest BCUT2D eigenvalue weighted by Crippen LogP contribution is 2.42. The van der Waals surface area contributed by atoms with Crippen LogP contribution >= 0.6 is 11.6 Å². The number of aryl methyl sites for hydroxylation is 1. The van der Waals surface area contributed by atoms with Crippen LogP contribution in [0.1, 0.15) is 69.4 Å². The first-order valence-electron chi connectivity index (χ1n) is 7.95. The highest BCUT2D eigenvalue weighted by molar-refractivity contribution is 6.21. The van der Waals surface area contributed by atoms with Crippen LogP contribution in [-0.4, -0.2) is 5.38 Å². The molecule has 1 aliphatic carbocycles. The van der Waals surface area contributed by atoms with Crippen molar-refractivity contribution in [3.05, 3.63) is 35.4 Å². The van der Waals surface area contributed by atoms with Gasteiger partial charge in [0.2, 0.25) is 0 Å². The number of hydrogen-bond acceptors (Lipinski definition) is 0. The van der Waals surface area contributed by atoms with Gasteiger partial charge < -0.3 is 0 Å². The van der Waals surface area contributed by atoms with Gasteiger partial charge in [0.25, 0.3) is 0 Å². The molecule has 0 spiro atoms. The summed E-state index contributed by atoms with van der Waals surface area (Å²) in [5, 5.41) is 0.374. The number of halogens is 1. The first-order chi connectivity index (χ1) is 9.22. The molecule has 0 aliphatic heterocycles. The zero-order valence-corrected chi connectivity index (χ0v) is 13.1. The van der Waals surface area contributed by atoms with E-state index in [9.17, 15) is 0 Å². The van der Waals surface area contributed by atoms with Crippen LogP contribution in [0.2, 0.25) is 0 Å². The number of alkyl halides is 1. The van der Waals surface area contributed by atoms with Crippen LogP contribution in [0.25, 0.3) is 0 Å². The Hall–Kier alpha value is -0.490. The lowest BCUT2D eigenvalue weighted by Crippen LogP contribution is -2.09. The van der Waals surface area contributed by atoms with Gasteiger partial charge in [0.05, 0.1) is 0 Å². The van der Waals surface area contributed by atoms with Gasteiger partial charge in [-0.2, -0.15) is 0 Å². The fourth-order valence-electron chi connectivity index (χ4n) is 3.27. The fraction of sp³-hybridized carbons (Fsp3) is 0.667. The highest BCUT2D eigenvalue weighted by Gasteiger charge is 2.32. The van der Waals surface area contributed by atoms with E-state index >= 15 is 0 Å². The summed E-state index contributed by atoms with van der Waals surface area (Å²) in [6, 6.07) is 9.33. The average molecular weight is 279 g/mol. The van der Waals surface area contributed by atoms with E-state index in [-0.39, 0.29) is 0 Å². The van der Waals surface area contributed by atoms with Gasteiger partial charge in [-0.1, -0.05) is 57.4 Å². The van der Waals surface area contributed by atoms with Crippen molar-refractivity contribution in [2.75, 3.05) is 0 Å². The summed E-state index contributed by atoms with van der Waals surface area (Å²) < 4.78 is 0. The quantitative estimate of drug-likeness (QED) is 0.447. The number of hydrogen-bond donors (Lipinski definition) is 0. The maximum atomic E-state index is 6.34. The molecule has 106 valence electrons. The van der Waals surface area contributed by atoms with Crippen LogP contribution in [0.15, 0.2) is 24.3 Å². The fourth-order valence-corrected chi connectivity index (χ4v) is 3.58. The molecule has 1 aromatic rings. The second-order valence-electron chi connectivity index (χ2n) is 6.11. The van der Waals surface area contributed by atoms with Crippen molar-refractivity contribution in [3.8, 4) is 0 Å². The normalized spacial score (nSPS) is 26.8. The molecular formula is C18H27Cl. The van der Waals surface area contributed by atoms with E-state index in [1.165, 1.54) is 56.1 Å². The van der Waals surface area contributed by atoms with Gasteiger partial charge in [-0.25, -0.2) is 0 Å². The van der Waals surface area contributed by atoms with Crippen LogP contribution < -0.4 is 0 Å². The molecular weight excluding hydrogens is 252 g/mol. The molecule has 19 heavy (non-hydrogen) atoms. The SMILES string of the molecule is CCCCCCc1ccc([C@H]2CC[C@@H](Cl)C2C)cc1. The smallest absolute Gasteiger partial charge is 0.0367 e. The second-order valence-corrected chi connectivity index (χ2v) is 6.67.